The Morgan fingerprint density at radius 3 is 2.35 bits per heavy atom. The van der Waals surface area contributed by atoms with E-state index in [0.717, 1.165) is 26.4 Å². The van der Waals surface area contributed by atoms with Gasteiger partial charge in [0.05, 0.1) is 10.2 Å². The summed E-state index contributed by atoms with van der Waals surface area (Å²) in [6, 6.07) is 20.9. The standard InChI is InChI=1S/C25H23N3O2S/c1-16-3-6-18(7-4-16)22(29)13-14-26-25(30)27-20-10-8-19(9-11-20)24-28-21-12-5-17(2)15-23(21)31-24/h3-12,15H,13-14H2,1-2H3,(H2,26,27,30). The van der Waals surface area contributed by atoms with Crippen LogP contribution in [0.3, 0.4) is 0 Å². The van der Waals surface area contributed by atoms with Crippen molar-refractivity contribution in [2.75, 3.05) is 11.9 Å². The zero-order chi connectivity index (χ0) is 21.8. The van der Waals surface area contributed by atoms with Gasteiger partial charge in [0, 0.05) is 29.8 Å². The quantitative estimate of drug-likeness (QED) is 0.371. The molecule has 5 nitrogen and oxygen atoms in total. The summed E-state index contributed by atoms with van der Waals surface area (Å²) in [5.74, 6) is 0.00989. The van der Waals surface area contributed by atoms with Crippen LogP contribution >= 0.6 is 11.3 Å². The minimum absolute atomic E-state index is 0.00989. The number of fused-ring (bicyclic) bond motifs is 1. The summed E-state index contributed by atoms with van der Waals surface area (Å²) < 4.78 is 1.16. The van der Waals surface area contributed by atoms with Crippen molar-refractivity contribution in [3.8, 4) is 10.6 Å². The van der Waals surface area contributed by atoms with Gasteiger partial charge in [-0.05, 0) is 55.8 Å². The molecule has 31 heavy (non-hydrogen) atoms. The second-order valence-electron chi connectivity index (χ2n) is 7.49. The van der Waals surface area contributed by atoms with Crippen LogP contribution in [0.4, 0.5) is 10.5 Å². The summed E-state index contributed by atoms with van der Waals surface area (Å²) in [6.07, 6.45) is 0.256. The van der Waals surface area contributed by atoms with Gasteiger partial charge in [-0.3, -0.25) is 4.79 Å². The summed E-state index contributed by atoms with van der Waals surface area (Å²) in [7, 11) is 0. The van der Waals surface area contributed by atoms with Crippen molar-refractivity contribution in [3.05, 3.63) is 83.4 Å². The number of aryl methyl sites for hydroxylation is 2. The topological polar surface area (TPSA) is 71.1 Å². The predicted molar refractivity (Wildman–Crippen MR) is 127 cm³/mol. The van der Waals surface area contributed by atoms with Crippen molar-refractivity contribution in [1.29, 1.82) is 0 Å². The van der Waals surface area contributed by atoms with Crippen molar-refractivity contribution in [3.63, 3.8) is 0 Å². The molecular weight excluding hydrogens is 406 g/mol. The van der Waals surface area contributed by atoms with Gasteiger partial charge in [0.25, 0.3) is 0 Å². The Balaban J connectivity index is 1.30. The second-order valence-corrected chi connectivity index (χ2v) is 8.52. The van der Waals surface area contributed by atoms with E-state index in [0.29, 0.717) is 11.3 Å². The molecule has 0 bridgehead atoms. The highest BCUT2D eigenvalue weighted by atomic mass is 32.1. The first-order valence-electron chi connectivity index (χ1n) is 10.1. The number of hydrogen-bond donors (Lipinski definition) is 2. The fourth-order valence-electron chi connectivity index (χ4n) is 3.20. The number of ketones is 1. The summed E-state index contributed by atoms with van der Waals surface area (Å²) in [4.78, 5) is 29.0. The Morgan fingerprint density at radius 1 is 0.903 bits per heavy atom. The normalized spacial score (nSPS) is 10.8. The molecule has 1 heterocycles. The van der Waals surface area contributed by atoms with Crippen LogP contribution < -0.4 is 10.6 Å². The van der Waals surface area contributed by atoms with Crippen LogP contribution in [0.2, 0.25) is 0 Å². The van der Waals surface area contributed by atoms with Gasteiger partial charge in [0.1, 0.15) is 5.01 Å². The molecule has 0 aliphatic heterocycles. The number of amides is 2. The Kier molecular flexibility index (Phi) is 6.09. The highest BCUT2D eigenvalue weighted by molar-refractivity contribution is 7.21. The van der Waals surface area contributed by atoms with Gasteiger partial charge in [0.2, 0.25) is 0 Å². The molecule has 0 unspecified atom stereocenters. The van der Waals surface area contributed by atoms with Crippen LogP contribution in [0.1, 0.15) is 27.9 Å². The van der Waals surface area contributed by atoms with Gasteiger partial charge >= 0.3 is 6.03 Å². The summed E-state index contributed by atoms with van der Waals surface area (Å²) in [6.45, 7) is 4.33. The van der Waals surface area contributed by atoms with Crippen LogP contribution in [-0.2, 0) is 0 Å². The molecule has 0 aliphatic carbocycles. The van der Waals surface area contributed by atoms with Crippen molar-refractivity contribution in [2.45, 2.75) is 20.3 Å². The minimum atomic E-state index is -0.333. The number of anilines is 1. The lowest BCUT2D eigenvalue weighted by atomic mass is 10.1. The highest BCUT2D eigenvalue weighted by Gasteiger charge is 2.09. The lowest BCUT2D eigenvalue weighted by Crippen LogP contribution is -2.30. The van der Waals surface area contributed by atoms with E-state index in [1.807, 2.05) is 61.5 Å². The zero-order valence-electron chi connectivity index (χ0n) is 17.4. The number of urea groups is 1. The molecule has 2 amide bonds. The smallest absolute Gasteiger partial charge is 0.319 e. The molecule has 0 aliphatic rings. The lowest BCUT2D eigenvalue weighted by molar-refractivity contribution is 0.0983. The third-order valence-electron chi connectivity index (χ3n) is 4.94. The average molecular weight is 430 g/mol. The maximum Gasteiger partial charge on any atom is 0.319 e. The average Bonchev–Trinajstić information content (AvgIpc) is 3.18. The maximum atomic E-state index is 12.2. The van der Waals surface area contributed by atoms with E-state index >= 15 is 0 Å². The number of carbonyl (C=O) groups is 2. The van der Waals surface area contributed by atoms with E-state index in [4.69, 9.17) is 0 Å². The zero-order valence-corrected chi connectivity index (χ0v) is 18.3. The van der Waals surface area contributed by atoms with Gasteiger partial charge in [-0.15, -0.1) is 11.3 Å². The second kappa shape index (κ2) is 9.10. The Labute approximate surface area is 185 Å². The van der Waals surface area contributed by atoms with E-state index in [1.165, 1.54) is 5.56 Å². The van der Waals surface area contributed by atoms with E-state index in [-0.39, 0.29) is 24.8 Å². The Hall–Kier alpha value is -3.51. The molecule has 4 aromatic rings. The molecule has 0 fully saturated rings. The van der Waals surface area contributed by atoms with Gasteiger partial charge in [-0.25, -0.2) is 9.78 Å². The van der Waals surface area contributed by atoms with Gasteiger partial charge in [0.15, 0.2) is 5.78 Å². The molecule has 6 heteroatoms. The molecule has 2 N–H and O–H groups in total. The van der Waals surface area contributed by atoms with E-state index in [9.17, 15) is 9.59 Å². The first-order chi connectivity index (χ1) is 15.0. The molecule has 0 saturated heterocycles. The number of rotatable bonds is 6. The number of nitrogens with zero attached hydrogens (tertiary/aromatic N) is 1. The van der Waals surface area contributed by atoms with E-state index in [1.54, 1.807) is 11.3 Å². The molecule has 156 valence electrons. The summed E-state index contributed by atoms with van der Waals surface area (Å²) in [5.41, 5.74) is 5.67. The van der Waals surface area contributed by atoms with Crippen molar-refractivity contribution >= 4 is 39.1 Å². The molecular formula is C25H23N3O2S. The van der Waals surface area contributed by atoms with Crippen LogP contribution in [-0.4, -0.2) is 23.3 Å². The largest absolute Gasteiger partial charge is 0.337 e. The predicted octanol–water partition coefficient (Wildman–Crippen LogP) is 5.97. The first kappa shape index (κ1) is 20.8. The number of benzene rings is 3. The number of aromatic nitrogens is 1. The molecule has 1 aromatic heterocycles. The Morgan fingerprint density at radius 2 is 1.61 bits per heavy atom. The number of hydrogen-bond acceptors (Lipinski definition) is 4. The number of Topliss-reactive ketones (excluding diaryl/α,β-unsaturated/α-hetero) is 1. The molecule has 0 spiro atoms. The molecule has 4 rings (SSSR count). The molecule has 0 radical (unpaired) electrons. The van der Waals surface area contributed by atoms with Crippen LogP contribution in [0, 0.1) is 13.8 Å². The van der Waals surface area contributed by atoms with Crippen LogP contribution in [0.25, 0.3) is 20.8 Å². The fourth-order valence-corrected chi connectivity index (χ4v) is 4.27. The van der Waals surface area contributed by atoms with Gasteiger partial charge < -0.3 is 10.6 Å². The highest BCUT2D eigenvalue weighted by Crippen LogP contribution is 2.31. The minimum Gasteiger partial charge on any atom is -0.337 e. The summed E-state index contributed by atoms with van der Waals surface area (Å²) in [5, 5.41) is 6.48. The first-order valence-corrected chi connectivity index (χ1v) is 10.9. The number of carbonyl (C=O) groups excluding carboxylic acids is 2. The van der Waals surface area contributed by atoms with Gasteiger partial charge in [-0.2, -0.15) is 0 Å². The van der Waals surface area contributed by atoms with Crippen LogP contribution in [0.5, 0.6) is 0 Å². The van der Waals surface area contributed by atoms with E-state index in [2.05, 4.69) is 34.7 Å². The molecule has 0 atom stereocenters. The van der Waals surface area contributed by atoms with Crippen molar-refractivity contribution < 1.29 is 9.59 Å². The lowest BCUT2D eigenvalue weighted by Gasteiger charge is -2.08. The molecule has 0 saturated carbocycles. The number of thiazole rings is 1. The summed E-state index contributed by atoms with van der Waals surface area (Å²) >= 11 is 1.65. The van der Waals surface area contributed by atoms with Crippen LogP contribution in [0.15, 0.2) is 66.7 Å². The van der Waals surface area contributed by atoms with Crippen molar-refractivity contribution in [1.82, 2.24) is 10.3 Å². The van der Waals surface area contributed by atoms with E-state index < -0.39 is 0 Å². The number of nitrogens with one attached hydrogen (secondary N) is 2. The third kappa shape index (κ3) is 5.16. The third-order valence-corrected chi connectivity index (χ3v) is 6.01. The monoisotopic (exact) mass is 429 g/mol. The Bertz CT molecular complexity index is 1230. The van der Waals surface area contributed by atoms with Gasteiger partial charge in [-0.1, -0.05) is 35.9 Å². The van der Waals surface area contributed by atoms with Crippen molar-refractivity contribution in [2.24, 2.45) is 0 Å². The SMILES string of the molecule is Cc1ccc(C(=O)CCNC(=O)Nc2ccc(-c3nc4ccc(C)cc4s3)cc2)cc1. The molecule has 3 aromatic carbocycles. The fraction of sp³-hybridized carbons (Fsp3) is 0.160. The maximum absolute atomic E-state index is 12.2.